The molecule has 1 atom stereocenters. The molecule has 39 heavy (non-hydrogen) atoms. The zero-order valence-electron chi connectivity index (χ0n) is 26.1. The predicted octanol–water partition coefficient (Wildman–Crippen LogP) is 8.12. The molecule has 5 nitrogen and oxygen atoms in total. The molecule has 1 aliphatic heterocycles. The highest BCUT2D eigenvalue weighted by molar-refractivity contribution is 5.42. The van der Waals surface area contributed by atoms with Crippen molar-refractivity contribution in [3.05, 3.63) is 59.7 Å². The fourth-order valence-corrected chi connectivity index (χ4v) is 4.69. The van der Waals surface area contributed by atoms with E-state index in [0.717, 1.165) is 37.4 Å². The molecule has 1 fully saturated rings. The normalized spacial score (nSPS) is 16.4. The molecular weight excluding hydrogens is 488 g/mol. The van der Waals surface area contributed by atoms with Crippen molar-refractivity contribution < 1.29 is 23.7 Å². The van der Waals surface area contributed by atoms with Crippen molar-refractivity contribution in [1.29, 1.82) is 0 Å². The molecule has 5 heteroatoms. The van der Waals surface area contributed by atoms with Gasteiger partial charge in [0, 0.05) is 24.7 Å². The summed E-state index contributed by atoms with van der Waals surface area (Å²) in [6, 6.07) is 17.0. The molecule has 0 saturated carbocycles. The van der Waals surface area contributed by atoms with Gasteiger partial charge in [0.1, 0.15) is 22.7 Å². The van der Waals surface area contributed by atoms with Gasteiger partial charge in [-0.3, -0.25) is 0 Å². The molecule has 1 aliphatic rings. The Bertz CT molecular complexity index is 1010. The first-order valence-electron chi connectivity index (χ1n) is 14.5. The van der Waals surface area contributed by atoms with Crippen LogP contribution in [0.5, 0.6) is 11.5 Å². The van der Waals surface area contributed by atoms with E-state index in [4.69, 9.17) is 23.7 Å². The van der Waals surface area contributed by atoms with Gasteiger partial charge in [0.05, 0.1) is 37.6 Å². The van der Waals surface area contributed by atoms with Crippen molar-refractivity contribution in [2.24, 2.45) is 0 Å². The lowest BCUT2D eigenvalue weighted by Gasteiger charge is -2.31. The lowest BCUT2D eigenvalue weighted by Crippen LogP contribution is -2.33. The standard InChI is InChI=1S/C34H52O5/c1-25(2)35-21-19-31(3,4)38-28-15-11-26(12-16-28)34(9,10)27-13-17-29(18-14-27)39-32(5,6)20-22-37-33(7,8)23-30-24-36-30/h11-18,25,30H,19-24H2,1-10H3. The summed E-state index contributed by atoms with van der Waals surface area (Å²) in [6.07, 6.45) is 3.19. The summed E-state index contributed by atoms with van der Waals surface area (Å²) in [7, 11) is 0. The van der Waals surface area contributed by atoms with Gasteiger partial charge < -0.3 is 23.7 Å². The number of hydrogen-bond acceptors (Lipinski definition) is 5. The second kappa shape index (κ2) is 12.6. The number of epoxide rings is 1. The van der Waals surface area contributed by atoms with Crippen LogP contribution in [0.1, 0.15) is 99.6 Å². The second-order valence-electron chi connectivity index (χ2n) is 13.6. The minimum atomic E-state index is -0.326. The highest BCUT2D eigenvalue weighted by atomic mass is 16.6. The van der Waals surface area contributed by atoms with Crippen LogP contribution in [0.2, 0.25) is 0 Å². The summed E-state index contributed by atoms with van der Waals surface area (Å²) in [5.74, 6) is 1.75. The maximum atomic E-state index is 6.36. The molecule has 0 aliphatic carbocycles. The first-order valence-corrected chi connectivity index (χ1v) is 14.5. The summed E-state index contributed by atoms with van der Waals surface area (Å²) in [6.45, 7) is 23.5. The molecule has 0 N–H and O–H groups in total. The van der Waals surface area contributed by atoms with Gasteiger partial charge in [-0.15, -0.1) is 0 Å². The van der Waals surface area contributed by atoms with Crippen molar-refractivity contribution >= 4 is 0 Å². The van der Waals surface area contributed by atoms with Crippen molar-refractivity contribution in [3.8, 4) is 11.5 Å². The maximum absolute atomic E-state index is 6.36. The van der Waals surface area contributed by atoms with E-state index in [9.17, 15) is 0 Å². The average molecular weight is 541 g/mol. The van der Waals surface area contributed by atoms with Crippen LogP contribution < -0.4 is 9.47 Å². The highest BCUT2D eigenvalue weighted by Crippen LogP contribution is 2.35. The van der Waals surface area contributed by atoms with E-state index in [2.05, 4.69) is 118 Å². The molecule has 0 amide bonds. The molecule has 0 bridgehead atoms. The molecule has 1 unspecified atom stereocenters. The van der Waals surface area contributed by atoms with Gasteiger partial charge in [-0.25, -0.2) is 0 Å². The summed E-state index contributed by atoms with van der Waals surface area (Å²) in [5, 5.41) is 0. The van der Waals surface area contributed by atoms with Crippen LogP contribution in [-0.4, -0.2) is 48.8 Å². The minimum absolute atomic E-state index is 0.155. The van der Waals surface area contributed by atoms with Gasteiger partial charge >= 0.3 is 0 Å². The van der Waals surface area contributed by atoms with Crippen LogP contribution in [0.3, 0.4) is 0 Å². The van der Waals surface area contributed by atoms with Crippen LogP contribution >= 0.6 is 0 Å². The zero-order valence-corrected chi connectivity index (χ0v) is 26.1. The average Bonchev–Trinajstić information content (AvgIpc) is 3.61. The molecular formula is C34H52O5. The molecule has 2 aromatic carbocycles. The topological polar surface area (TPSA) is 49.5 Å². The fourth-order valence-electron chi connectivity index (χ4n) is 4.69. The van der Waals surface area contributed by atoms with Crippen molar-refractivity contribution in [1.82, 2.24) is 0 Å². The van der Waals surface area contributed by atoms with Gasteiger partial charge in [0.2, 0.25) is 0 Å². The zero-order chi connectivity index (χ0) is 28.9. The molecule has 2 aromatic rings. The van der Waals surface area contributed by atoms with Crippen molar-refractivity contribution in [3.63, 3.8) is 0 Å². The van der Waals surface area contributed by atoms with E-state index in [1.807, 2.05) is 0 Å². The molecule has 0 spiro atoms. The lowest BCUT2D eigenvalue weighted by atomic mass is 9.78. The second-order valence-corrected chi connectivity index (χ2v) is 13.6. The molecule has 3 rings (SSSR count). The Hall–Kier alpha value is -2.08. The Kier molecular flexibility index (Phi) is 10.2. The summed E-state index contributed by atoms with van der Waals surface area (Å²) in [5.41, 5.74) is 1.53. The van der Waals surface area contributed by atoms with E-state index < -0.39 is 0 Å². The maximum Gasteiger partial charge on any atom is 0.120 e. The van der Waals surface area contributed by atoms with Gasteiger partial charge in [-0.2, -0.15) is 0 Å². The largest absolute Gasteiger partial charge is 0.488 e. The van der Waals surface area contributed by atoms with Crippen LogP contribution in [-0.2, 0) is 19.6 Å². The number of rotatable bonds is 16. The summed E-state index contributed by atoms with van der Waals surface area (Å²) >= 11 is 0. The van der Waals surface area contributed by atoms with Gasteiger partial charge in [-0.1, -0.05) is 38.1 Å². The van der Waals surface area contributed by atoms with Crippen LogP contribution in [0.4, 0.5) is 0 Å². The first kappa shape index (κ1) is 31.4. The van der Waals surface area contributed by atoms with Crippen LogP contribution in [0.25, 0.3) is 0 Å². The number of benzene rings is 2. The third-order valence-electron chi connectivity index (χ3n) is 7.41. The minimum Gasteiger partial charge on any atom is -0.488 e. The van der Waals surface area contributed by atoms with Crippen LogP contribution in [0.15, 0.2) is 48.5 Å². The molecule has 0 aromatic heterocycles. The third-order valence-corrected chi connectivity index (χ3v) is 7.41. The molecule has 1 saturated heterocycles. The number of ether oxygens (including phenoxy) is 5. The Labute approximate surface area is 237 Å². The summed E-state index contributed by atoms with van der Waals surface area (Å²) < 4.78 is 29.8. The summed E-state index contributed by atoms with van der Waals surface area (Å²) in [4.78, 5) is 0. The molecule has 1 heterocycles. The number of hydrogen-bond donors (Lipinski definition) is 0. The smallest absolute Gasteiger partial charge is 0.120 e. The van der Waals surface area contributed by atoms with Crippen molar-refractivity contribution in [2.45, 2.75) is 123 Å². The Morgan fingerprint density at radius 1 is 0.692 bits per heavy atom. The van der Waals surface area contributed by atoms with E-state index in [1.54, 1.807) is 0 Å². The molecule has 218 valence electrons. The van der Waals surface area contributed by atoms with Gasteiger partial charge in [0.15, 0.2) is 0 Å². The van der Waals surface area contributed by atoms with E-state index in [1.165, 1.54) is 11.1 Å². The molecule has 0 radical (unpaired) electrons. The Morgan fingerprint density at radius 2 is 1.13 bits per heavy atom. The quantitative estimate of drug-likeness (QED) is 0.201. The Balaban J connectivity index is 1.54. The van der Waals surface area contributed by atoms with Crippen molar-refractivity contribution in [2.75, 3.05) is 19.8 Å². The fraction of sp³-hybridized carbons (Fsp3) is 0.647. The lowest BCUT2D eigenvalue weighted by molar-refractivity contribution is -0.0481. The van der Waals surface area contributed by atoms with Gasteiger partial charge in [-0.05, 0) is 90.8 Å². The van der Waals surface area contributed by atoms with Gasteiger partial charge in [0.25, 0.3) is 0 Å². The first-order chi connectivity index (χ1) is 18.1. The Morgan fingerprint density at radius 3 is 1.54 bits per heavy atom. The predicted molar refractivity (Wildman–Crippen MR) is 159 cm³/mol. The SMILES string of the molecule is CC(C)OCCC(C)(C)Oc1ccc(C(C)(C)c2ccc(OC(C)(C)CCOC(C)(C)CC3CO3)cc2)cc1. The van der Waals surface area contributed by atoms with E-state index >= 15 is 0 Å². The van der Waals surface area contributed by atoms with Crippen LogP contribution in [0, 0.1) is 0 Å². The highest BCUT2D eigenvalue weighted by Gasteiger charge is 2.32. The van der Waals surface area contributed by atoms with E-state index in [-0.39, 0.29) is 28.3 Å². The monoisotopic (exact) mass is 540 g/mol. The third kappa shape index (κ3) is 10.4. The van der Waals surface area contributed by atoms with E-state index in [0.29, 0.717) is 19.3 Å².